The summed E-state index contributed by atoms with van der Waals surface area (Å²) in [5.74, 6) is 0.379. The molecule has 16 heavy (non-hydrogen) atoms. The minimum Gasteiger partial charge on any atom is -0.477 e. The highest BCUT2D eigenvalue weighted by Gasteiger charge is 2.14. The van der Waals surface area contributed by atoms with Crippen molar-refractivity contribution < 1.29 is 14.6 Å². The Hall–Kier alpha value is -1.36. The molecule has 1 aromatic rings. The topological polar surface area (TPSA) is 64.5 Å². The van der Waals surface area contributed by atoms with Crippen LogP contribution in [0, 0.1) is 5.41 Å². The Labute approximate surface area is 95.4 Å². The van der Waals surface area contributed by atoms with Gasteiger partial charge in [-0.3, -0.25) is 0 Å². The lowest BCUT2D eigenvalue weighted by molar-refractivity contribution is 0.181. The average Bonchev–Trinajstić information content (AvgIpc) is 2.25. The van der Waals surface area contributed by atoms with E-state index in [0.29, 0.717) is 18.1 Å². The van der Waals surface area contributed by atoms with Crippen LogP contribution in [0.15, 0.2) is 6.20 Å². The molecule has 0 radical (unpaired) electrons. The van der Waals surface area contributed by atoms with E-state index in [1.54, 1.807) is 0 Å². The molecule has 0 unspecified atom stereocenters. The van der Waals surface area contributed by atoms with Crippen molar-refractivity contribution in [3.05, 3.63) is 11.8 Å². The molecule has 0 amide bonds. The van der Waals surface area contributed by atoms with Gasteiger partial charge in [0.15, 0.2) is 0 Å². The highest BCUT2D eigenvalue weighted by molar-refractivity contribution is 5.24. The lowest BCUT2D eigenvalue weighted by atomic mass is 9.99. The molecule has 5 heteroatoms. The van der Waals surface area contributed by atoms with E-state index >= 15 is 0 Å². The van der Waals surface area contributed by atoms with Crippen LogP contribution in [0.25, 0.3) is 0 Å². The van der Waals surface area contributed by atoms with Crippen LogP contribution in [0.2, 0.25) is 0 Å². The molecule has 1 aromatic heterocycles. The molecule has 0 spiro atoms. The van der Waals surface area contributed by atoms with Crippen molar-refractivity contribution in [3.63, 3.8) is 0 Å². The summed E-state index contributed by atoms with van der Waals surface area (Å²) in [5.41, 5.74) is 0.593. The van der Waals surface area contributed by atoms with Gasteiger partial charge in [0.1, 0.15) is 0 Å². The second-order valence-electron chi connectivity index (χ2n) is 4.69. The molecule has 1 N–H and O–H groups in total. The maximum absolute atomic E-state index is 9.11. The Morgan fingerprint density at radius 1 is 1.38 bits per heavy atom. The summed E-state index contributed by atoms with van der Waals surface area (Å²) in [5, 5.41) is 9.11. The summed E-state index contributed by atoms with van der Waals surface area (Å²) in [6.07, 6.45) is 1.50. The van der Waals surface area contributed by atoms with Gasteiger partial charge in [-0.25, -0.2) is 4.98 Å². The predicted molar refractivity (Wildman–Crippen MR) is 59.5 cm³/mol. The lowest BCUT2D eigenvalue weighted by Gasteiger charge is -2.19. The zero-order chi connectivity index (χ0) is 12.2. The fourth-order valence-electron chi connectivity index (χ4n) is 0.993. The molecule has 1 rings (SSSR count). The predicted octanol–water partition coefficient (Wildman–Crippen LogP) is 1.40. The van der Waals surface area contributed by atoms with E-state index in [0.717, 1.165) is 0 Å². The van der Waals surface area contributed by atoms with E-state index in [1.807, 2.05) is 0 Å². The first-order valence-corrected chi connectivity index (χ1v) is 5.10. The molecule has 0 aromatic carbocycles. The van der Waals surface area contributed by atoms with Crippen molar-refractivity contribution in [1.29, 1.82) is 0 Å². The summed E-state index contributed by atoms with van der Waals surface area (Å²) in [4.78, 5) is 7.95. The Morgan fingerprint density at radius 2 is 2.06 bits per heavy atom. The maximum atomic E-state index is 9.11. The van der Waals surface area contributed by atoms with Crippen LogP contribution in [0.1, 0.15) is 26.3 Å². The highest BCUT2D eigenvalue weighted by atomic mass is 16.5. The molecule has 0 fully saturated rings. The molecule has 5 nitrogen and oxygen atoms in total. The first-order chi connectivity index (χ1) is 7.46. The minimum absolute atomic E-state index is 0.0326. The van der Waals surface area contributed by atoms with E-state index in [-0.39, 0.29) is 18.0 Å². The third kappa shape index (κ3) is 3.66. The fraction of sp³-hybridized carbons (Fsp3) is 0.636. The zero-order valence-corrected chi connectivity index (χ0v) is 10.1. The number of aromatic nitrogens is 2. The van der Waals surface area contributed by atoms with Gasteiger partial charge in [0.05, 0.1) is 25.9 Å². The van der Waals surface area contributed by atoms with Crippen LogP contribution < -0.4 is 9.47 Å². The molecule has 0 bridgehead atoms. The minimum atomic E-state index is -0.149. The Balaban J connectivity index is 2.83. The van der Waals surface area contributed by atoms with Crippen LogP contribution in [0.5, 0.6) is 11.9 Å². The molecule has 0 aliphatic carbocycles. The Morgan fingerprint density at radius 3 is 2.56 bits per heavy atom. The molecule has 0 aliphatic rings. The van der Waals surface area contributed by atoms with Crippen molar-refractivity contribution >= 4 is 0 Å². The van der Waals surface area contributed by atoms with Crippen LogP contribution in [-0.4, -0.2) is 28.8 Å². The maximum Gasteiger partial charge on any atom is 0.319 e. The largest absolute Gasteiger partial charge is 0.477 e. The van der Waals surface area contributed by atoms with E-state index in [1.165, 1.54) is 13.3 Å². The number of hydrogen-bond acceptors (Lipinski definition) is 5. The SMILES string of the molecule is COc1ncc(CO)c(OCC(C)(C)C)n1. The van der Waals surface area contributed by atoms with Gasteiger partial charge in [-0.05, 0) is 5.41 Å². The van der Waals surface area contributed by atoms with E-state index in [2.05, 4.69) is 30.7 Å². The monoisotopic (exact) mass is 226 g/mol. The van der Waals surface area contributed by atoms with Gasteiger partial charge in [0, 0.05) is 6.20 Å². The number of ether oxygens (including phenoxy) is 2. The van der Waals surface area contributed by atoms with Crippen LogP contribution in [0.4, 0.5) is 0 Å². The third-order valence-corrected chi connectivity index (χ3v) is 1.80. The van der Waals surface area contributed by atoms with Gasteiger partial charge in [0.25, 0.3) is 0 Å². The molecule has 1 heterocycles. The summed E-state index contributed by atoms with van der Waals surface area (Å²) in [6, 6.07) is 0.237. The van der Waals surface area contributed by atoms with Crippen LogP contribution in [-0.2, 0) is 6.61 Å². The molecular weight excluding hydrogens is 208 g/mol. The standard InChI is InChI=1S/C11H18N2O3/c1-11(2,3)7-16-9-8(6-14)5-12-10(13-9)15-4/h5,14H,6-7H2,1-4H3. The number of nitrogens with zero attached hydrogens (tertiary/aromatic N) is 2. The number of aliphatic hydroxyl groups is 1. The molecule has 0 aliphatic heterocycles. The Kier molecular flexibility index (Phi) is 4.06. The van der Waals surface area contributed by atoms with Crippen molar-refractivity contribution in [1.82, 2.24) is 9.97 Å². The van der Waals surface area contributed by atoms with Crippen LogP contribution in [0.3, 0.4) is 0 Å². The average molecular weight is 226 g/mol. The Bertz CT molecular complexity index is 348. The smallest absolute Gasteiger partial charge is 0.319 e. The van der Waals surface area contributed by atoms with Gasteiger partial charge >= 0.3 is 6.01 Å². The van der Waals surface area contributed by atoms with E-state index in [4.69, 9.17) is 14.6 Å². The summed E-state index contributed by atoms with van der Waals surface area (Å²) in [7, 11) is 1.49. The first kappa shape index (κ1) is 12.7. The highest BCUT2D eigenvalue weighted by Crippen LogP contribution is 2.21. The van der Waals surface area contributed by atoms with E-state index in [9.17, 15) is 0 Å². The normalized spacial score (nSPS) is 11.3. The molecule has 0 atom stereocenters. The van der Waals surface area contributed by atoms with Crippen molar-refractivity contribution in [2.45, 2.75) is 27.4 Å². The van der Waals surface area contributed by atoms with Gasteiger partial charge in [-0.15, -0.1) is 0 Å². The zero-order valence-electron chi connectivity index (χ0n) is 10.1. The van der Waals surface area contributed by atoms with Crippen molar-refractivity contribution in [2.24, 2.45) is 5.41 Å². The van der Waals surface area contributed by atoms with Gasteiger partial charge in [-0.2, -0.15) is 4.98 Å². The number of aliphatic hydroxyl groups excluding tert-OH is 1. The molecule has 90 valence electrons. The van der Waals surface area contributed by atoms with Gasteiger partial charge < -0.3 is 14.6 Å². The number of rotatable bonds is 4. The third-order valence-electron chi connectivity index (χ3n) is 1.80. The first-order valence-electron chi connectivity index (χ1n) is 5.10. The lowest BCUT2D eigenvalue weighted by Crippen LogP contribution is -2.18. The van der Waals surface area contributed by atoms with Gasteiger partial charge in [0.2, 0.25) is 5.88 Å². The van der Waals surface area contributed by atoms with Gasteiger partial charge in [-0.1, -0.05) is 20.8 Å². The second-order valence-corrected chi connectivity index (χ2v) is 4.69. The number of hydrogen-bond donors (Lipinski definition) is 1. The van der Waals surface area contributed by atoms with Crippen LogP contribution >= 0.6 is 0 Å². The van der Waals surface area contributed by atoms with E-state index < -0.39 is 0 Å². The quantitative estimate of drug-likeness (QED) is 0.840. The summed E-state index contributed by atoms with van der Waals surface area (Å²) < 4.78 is 10.4. The van der Waals surface area contributed by atoms with Crippen molar-refractivity contribution in [2.75, 3.05) is 13.7 Å². The molecule has 0 saturated carbocycles. The summed E-state index contributed by atoms with van der Waals surface area (Å²) >= 11 is 0. The van der Waals surface area contributed by atoms with Crippen molar-refractivity contribution in [3.8, 4) is 11.9 Å². The number of methoxy groups -OCH3 is 1. The fourth-order valence-corrected chi connectivity index (χ4v) is 0.993. The summed E-state index contributed by atoms with van der Waals surface area (Å²) in [6.45, 7) is 6.54. The molecular formula is C11H18N2O3. The second kappa shape index (κ2) is 5.12. The molecule has 0 saturated heterocycles.